The zero-order chi connectivity index (χ0) is 15.5. The van der Waals surface area contributed by atoms with Gasteiger partial charge < -0.3 is 4.90 Å². The summed E-state index contributed by atoms with van der Waals surface area (Å²) in [5, 5.41) is 0. The van der Waals surface area contributed by atoms with Gasteiger partial charge >= 0.3 is 0 Å². The quantitative estimate of drug-likeness (QED) is 0.832. The Morgan fingerprint density at radius 3 is 2.55 bits per heavy atom. The van der Waals surface area contributed by atoms with Crippen molar-refractivity contribution in [3.05, 3.63) is 23.4 Å². The maximum absolute atomic E-state index is 4.81. The topological polar surface area (TPSA) is 19.4 Å². The van der Waals surface area contributed by atoms with Gasteiger partial charge in [0, 0.05) is 31.9 Å². The minimum atomic E-state index is 0.580. The number of piperidine rings is 1. The van der Waals surface area contributed by atoms with Crippen LogP contribution in [-0.4, -0.2) is 36.1 Å². The Morgan fingerprint density at radius 1 is 1.14 bits per heavy atom. The van der Waals surface area contributed by atoms with Crippen molar-refractivity contribution in [1.82, 2.24) is 9.88 Å². The van der Waals surface area contributed by atoms with Crippen molar-refractivity contribution in [1.29, 1.82) is 0 Å². The lowest BCUT2D eigenvalue weighted by atomic mass is 9.92. The summed E-state index contributed by atoms with van der Waals surface area (Å²) < 4.78 is 0. The molecular formula is C19H31N3. The molecule has 3 heteroatoms. The predicted molar refractivity (Wildman–Crippen MR) is 93.4 cm³/mol. The van der Waals surface area contributed by atoms with E-state index in [1.165, 1.54) is 75.2 Å². The number of aryl methyl sites for hydroxylation is 1. The summed E-state index contributed by atoms with van der Waals surface area (Å²) in [6.07, 6.45) is 8.79. The van der Waals surface area contributed by atoms with Crippen LogP contribution >= 0.6 is 0 Å². The number of aromatic nitrogens is 1. The Bertz CT molecular complexity index is 491. The van der Waals surface area contributed by atoms with Crippen LogP contribution in [0.2, 0.25) is 0 Å². The van der Waals surface area contributed by atoms with Gasteiger partial charge in [-0.3, -0.25) is 4.90 Å². The third-order valence-corrected chi connectivity index (χ3v) is 5.14. The van der Waals surface area contributed by atoms with E-state index in [9.17, 15) is 0 Å². The molecule has 0 N–H and O–H groups in total. The first-order chi connectivity index (χ1) is 10.6. The summed E-state index contributed by atoms with van der Waals surface area (Å²) in [4.78, 5) is 9.93. The molecule has 22 heavy (non-hydrogen) atoms. The van der Waals surface area contributed by atoms with E-state index in [1.54, 1.807) is 0 Å². The third kappa shape index (κ3) is 3.45. The highest BCUT2D eigenvalue weighted by atomic mass is 15.2. The van der Waals surface area contributed by atoms with E-state index in [4.69, 9.17) is 4.98 Å². The molecule has 3 heterocycles. The molecule has 2 fully saturated rings. The van der Waals surface area contributed by atoms with Gasteiger partial charge in [-0.25, -0.2) is 4.98 Å². The summed E-state index contributed by atoms with van der Waals surface area (Å²) >= 11 is 0. The zero-order valence-corrected chi connectivity index (χ0v) is 14.5. The molecule has 0 aliphatic carbocycles. The van der Waals surface area contributed by atoms with E-state index < -0.39 is 0 Å². The molecule has 0 spiro atoms. The average molecular weight is 301 g/mol. The first-order valence-corrected chi connectivity index (χ1v) is 9.10. The fraction of sp³-hybridized carbons (Fsp3) is 0.737. The van der Waals surface area contributed by atoms with Gasteiger partial charge in [0.2, 0.25) is 0 Å². The first-order valence-electron chi connectivity index (χ1n) is 9.10. The van der Waals surface area contributed by atoms with Gasteiger partial charge in [-0.05, 0) is 62.3 Å². The van der Waals surface area contributed by atoms with Gasteiger partial charge in [-0.15, -0.1) is 0 Å². The molecule has 2 aliphatic heterocycles. The molecule has 2 aliphatic rings. The lowest BCUT2D eigenvalue weighted by Crippen LogP contribution is -2.36. The number of rotatable bonds is 4. The van der Waals surface area contributed by atoms with Crippen LogP contribution in [0, 0.1) is 12.8 Å². The summed E-state index contributed by atoms with van der Waals surface area (Å²) in [7, 11) is 0. The lowest BCUT2D eigenvalue weighted by molar-refractivity contribution is 0.131. The van der Waals surface area contributed by atoms with Gasteiger partial charge in [0.1, 0.15) is 5.82 Å². The lowest BCUT2D eigenvalue weighted by Gasteiger charge is -2.37. The molecule has 1 atom stereocenters. The van der Waals surface area contributed by atoms with E-state index in [-0.39, 0.29) is 0 Å². The molecular weight excluding hydrogens is 270 g/mol. The van der Waals surface area contributed by atoms with Crippen LogP contribution in [0.3, 0.4) is 0 Å². The van der Waals surface area contributed by atoms with Crippen LogP contribution in [0.1, 0.15) is 63.1 Å². The Kier molecular flexibility index (Phi) is 5.02. The zero-order valence-electron chi connectivity index (χ0n) is 14.5. The van der Waals surface area contributed by atoms with E-state index in [2.05, 4.69) is 42.8 Å². The minimum absolute atomic E-state index is 0.580. The maximum atomic E-state index is 4.81. The number of hydrogen-bond donors (Lipinski definition) is 0. The second kappa shape index (κ2) is 6.99. The summed E-state index contributed by atoms with van der Waals surface area (Å²) in [6, 6.07) is 2.90. The van der Waals surface area contributed by atoms with Crippen LogP contribution in [0.25, 0.3) is 0 Å². The number of likely N-dealkylation sites (tertiary alicyclic amines) is 1. The molecule has 1 unspecified atom stereocenters. The van der Waals surface area contributed by atoms with Gasteiger partial charge in [-0.1, -0.05) is 20.3 Å². The molecule has 0 bridgehead atoms. The van der Waals surface area contributed by atoms with E-state index in [1.807, 2.05) is 0 Å². The average Bonchev–Trinajstić information content (AvgIpc) is 3.02. The Labute approximate surface area is 135 Å². The molecule has 3 rings (SSSR count). The monoisotopic (exact) mass is 301 g/mol. The molecule has 3 nitrogen and oxygen atoms in total. The van der Waals surface area contributed by atoms with Crippen molar-refractivity contribution >= 4 is 5.82 Å². The van der Waals surface area contributed by atoms with E-state index >= 15 is 0 Å². The van der Waals surface area contributed by atoms with Crippen LogP contribution in [0.5, 0.6) is 0 Å². The van der Waals surface area contributed by atoms with Gasteiger partial charge in [0.15, 0.2) is 0 Å². The van der Waals surface area contributed by atoms with E-state index in [0.717, 1.165) is 5.92 Å². The van der Waals surface area contributed by atoms with Gasteiger partial charge in [-0.2, -0.15) is 0 Å². The van der Waals surface area contributed by atoms with Gasteiger partial charge in [0.05, 0.1) is 0 Å². The molecule has 1 aromatic heterocycles. The van der Waals surface area contributed by atoms with Crippen molar-refractivity contribution in [2.75, 3.05) is 31.1 Å². The summed E-state index contributed by atoms with van der Waals surface area (Å²) in [6.45, 7) is 11.7. The number of pyridine rings is 1. The van der Waals surface area contributed by atoms with E-state index in [0.29, 0.717) is 6.04 Å². The third-order valence-electron chi connectivity index (χ3n) is 5.14. The second-order valence-corrected chi connectivity index (χ2v) is 7.49. The molecule has 1 aromatic rings. The SMILES string of the molecule is Cc1cc(N2CCCC2)ncc1C1CCCCN1CC(C)C. The number of anilines is 1. The van der Waals surface area contributed by atoms with Crippen LogP contribution in [-0.2, 0) is 0 Å². The normalized spacial score (nSPS) is 23.5. The standard InChI is InChI=1S/C19H31N3/c1-15(2)14-22-11-5-4-8-18(22)17-13-20-19(12-16(17)3)21-9-6-7-10-21/h12-13,15,18H,4-11,14H2,1-3H3. The van der Waals surface area contributed by atoms with Crippen LogP contribution in [0.4, 0.5) is 5.82 Å². The highest BCUT2D eigenvalue weighted by Gasteiger charge is 2.26. The van der Waals surface area contributed by atoms with Crippen molar-refractivity contribution in [2.45, 2.75) is 58.9 Å². The Balaban J connectivity index is 1.80. The van der Waals surface area contributed by atoms with Crippen molar-refractivity contribution in [3.63, 3.8) is 0 Å². The smallest absolute Gasteiger partial charge is 0.128 e. The molecule has 0 aromatic carbocycles. The second-order valence-electron chi connectivity index (χ2n) is 7.49. The highest BCUT2D eigenvalue weighted by molar-refractivity contribution is 5.45. The van der Waals surface area contributed by atoms with Crippen LogP contribution < -0.4 is 4.90 Å². The predicted octanol–water partition coefficient (Wildman–Crippen LogP) is 4.17. The Hall–Kier alpha value is -1.09. The first kappa shape index (κ1) is 15.8. The maximum Gasteiger partial charge on any atom is 0.128 e. The molecule has 2 saturated heterocycles. The summed E-state index contributed by atoms with van der Waals surface area (Å²) in [5.41, 5.74) is 2.89. The van der Waals surface area contributed by atoms with Crippen LogP contribution in [0.15, 0.2) is 12.3 Å². The molecule has 0 radical (unpaired) electrons. The number of nitrogens with zero attached hydrogens (tertiary/aromatic N) is 3. The van der Waals surface area contributed by atoms with Crippen molar-refractivity contribution in [3.8, 4) is 0 Å². The van der Waals surface area contributed by atoms with Crippen molar-refractivity contribution in [2.24, 2.45) is 5.92 Å². The molecule has 122 valence electrons. The fourth-order valence-electron chi connectivity index (χ4n) is 4.05. The number of hydrogen-bond acceptors (Lipinski definition) is 3. The fourth-order valence-corrected chi connectivity index (χ4v) is 4.05. The highest BCUT2D eigenvalue weighted by Crippen LogP contribution is 2.34. The molecule has 0 amide bonds. The van der Waals surface area contributed by atoms with Crippen molar-refractivity contribution < 1.29 is 0 Å². The summed E-state index contributed by atoms with van der Waals surface area (Å²) in [5.74, 6) is 1.92. The van der Waals surface area contributed by atoms with Gasteiger partial charge in [0.25, 0.3) is 0 Å². The minimum Gasteiger partial charge on any atom is -0.357 e. The molecule has 0 saturated carbocycles. The largest absolute Gasteiger partial charge is 0.357 e. The Morgan fingerprint density at radius 2 is 1.86 bits per heavy atom.